The minimum Gasteiger partial charge on any atom is -0.454 e. The fraction of sp³-hybridized carbons (Fsp3) is 0.417. The highest BCUT2D eigenvalue weighted by Gasteiger charge is 2.19. The highest BCUT2D eigenvalue weighted by Crippen LogP contribution is 2.32. The van der Waals surface area contributed by atoms with Crippen LogP contribution in [0.4, 0.5) is 0 Å². The number of nitrogens with two attached hydrogens (primary N) is 1. The van der Waals surface area contributed by atoms with E-state index < -0.39 is 6.04 Å². The van der Waals surface area contributed by atoms with E-state index in [0.29, 0.717) is 23.5 Å². The Kier molecular flexibility index (Phi) is 3.10. The van der Waals surface area contributed by atoms with Gasteiger partial charge in [-0.3, -0.25) is 4.79 Å². The molecule has 2 N–H and O–H groups in total. The van der Waals surface area contributed by atoms with Crippen LogP contribution in [0.25, 0.3) is 0 Å². The second-order valence-electron chi connectivity index (χ2n) is 3.83. The van der Waals surface area contributed by atoms with Crippen LogP contribution in [0.1, 0.15) is 30.1 Å². The number of carbonyl (C=O) groups is 1. The number of benzene rings is 1. The van der Waals surface area contributed by atoms with E-state index >= 15 is 0 Å². The summed E-state index contributed by atoms with van der Waals surface area (Å²) in [5.41, 5.74) is 6.37. The van der Waals surface area contributed by atoms with Crippen molar-refractivity contribution in [2.75, 3.05) is 6.79 Å². The molecule has 0 saturated carbocycles. The van der Waals surface area contributed by atoms with Gasteiger partial charge in [0, 0.05) is 5.56 Å². The highest BCUT2D eigenvalue weighted by atomic mass is 16.7. The van der Waals surface area contributed by atoms with Gasteiger partial charge in [0.2, 0.25) is 6.79 Å². The number of Topliss-reactive ketones (excluding diaryl/α,β-unsaturated/α-hetero) is 1. The summed E-state index contributed by atoms with van der Waals surface area (Å²) >= 11 is 0. The topological polar surface area (TPSA) is 61.6 Å². The maximum absolute atomic E-state index is 11.9. The van der Waals surface area contributed by atoms with Gasteiger partial charge in [-0.15, -0.1) is 0 Å². The molecule has 1 unspecified atom stereocenters. The number of carbonyl (C=O) groups excluding carboxylic acids is 1. The van der Waals surface area contributed by atoms with Crippen molar-refractivity contribution in [2.24, 2.45) is 5.73 Å². The fourth-order valence-electron chi connectivity index (χ4n) is 1.71. The summed E-state index contributed by atoms with van der Waals surface area (Å²) in [7, 11) is 0. The minimum atomic E-state index is -0.426. The average molecular weight is 221 g/mol. The van der Waals surface area contributed by atoms with Gasteiger partial charge in [-0.25, -0.2) is 0 Å². The number of hydrogen-bond acceptors (Lipinski definition) is 4. The van der Waals surface area contributed by atoms with E-state index in [9.17, 15) is 4.79 Å². The van der Waals surface area contributed by atoms with Crippen molar-refractivity contribution < 1.29 is 14.3 Å². The number of ether oxygens (including phenoxy) is 2. The van der Waals surface area contributed by atoms with Crippen LogP contribution >= 0.6 is 0 Å². The van der Waals surface area contributed by atoms with Gasteiger partial charge in [0.05, 0.1) is 6.04 Å². The van der Waals surface area contributed by atoms with Crippen molar-refractivity contribution in [3.05, 3.63) is 23.8 Å². The largest absolute Gasteiger partial charge is 0.454 e. The molecule has 0 fully saturated rings. The van der Waals surface area contributed by atoms with Crippen LogP contribution in [-0.2, 0) is 0 Å². The van der Waals surface area contributed by atoms with Gasteiger partial charge < -0.3 is 15.2 Å². The van der Waals surface area contributed by atoms with Crippen LogP contribution in [0.3, 0.4) is 0 Å². The molecule has 1 heterocycles. The molecule has 0 bridgehead atoms. The predicted octanol–water partition coefficient (Wildman–Crippen LogP) is 1.73. The highest BCUT2D eigenvalue weighted by molar-refractivity contribution is 6.00. The summed E-state index contributed by atoms with van der Waals surface area (Å²) in [5, 5.41) is 0. The lowest BCUT2D eigenvalue weighted by Gasteiger charge is -2.09. The van der Waals surface area contributed by atoms with Gasteiger partial charge >= 0.3 is 0 Å². The lowest BCUT2D eigenvalue weighted by atomic mass is 10.0. The quantitative estimate of drug-likeness (QED) is 0.786. The molecular weight excluding hydrogens is 206 g/mol. The summed E-state index contributed by atoms with van der Waals surface area (Å²) in [5.74, 6) is 1.26. The first-order valence-corrected chi connectivity index (χ1v) is 5.42. The Morgan fingerprint density at radius 2 is 2.19 bits per heavy atom. The molecule has 1 atom stereocenters. The summed E-state index contributed by atoms with van der Waals surface area (Å²) in [6, 6.07) is 4.74. The molecule has 0 amide bonds. The van der Waals surface area contributed by atoms with Crippen LogP contribution in [0.15, 0.2) is 18.2 Å². The number of rotatable bonds is 4. The molecule has 4 nitrogen and oxygen atoms in total. The zero-order chi connectivity index (χ0) is 11.5. The van der Waals surface area contributed by atoms with Gasteiger partial charge in [0.25, 0.3) is 0 Å². The van der Waals surface area contributed by atoms with Crippen LogP contribution in [0.5, 0.6) is 11.5 Å². The van der Waals surface area contributed by atoms with Gasteiger partial charge in [-0.2, -0.15) is 0 Å². The van der Waals surface area contributed by atoms with Gasteiger partial charge in [-0.05, 0) is 24.6 Å². The Morgan fingerprint density at radius 3 is 2.94 bits per heavy atom. The second kappa shape index (κ2) is 4.53. The standard InChI is InChI=1S/C12H15NO3/c1-2-3-9(13)12(14)8-4-5-10-11(6-8)16-7-15-10/h4-6,9H,2-3,7,13H2,1H3. The van der Waals surface area contributed by atoms with Gasteiger partial charge in [0.1, 0.15) is 0 Å². The van der Waals surface area contributed by atoms with Crippen molar-refractivity contribution in [1.82, 2.24) is 0 Å². The average Bonchev–Trinajstić information content (AvgIpc) is 2.75. The van der Waals surface area contributed by atoms with Crippen molar-refractivity contribution in [2.45, 2.75) is 25.8 Å². The lowest BCUT2D eigenvalue weighted by molar-refractivity contribution is 0.0956. The number of hydrogen-bond donors (Lipinski definition) is 1. The van der Waals surface area contributed by atoms with Crippen molar-refractivity contribution in [1.29, 1.82) is 0 Å². The molecular formula is C12H15NO3. The molecule has 86 valence electrons. The first-order valence-electron chi connectivity index (χ1n) is 5.42. The summed E-state index contributed by atoms with van der Waals surface area (Å²) in [4.78, 5) is 11.9. The van der Waals surface area contributed by atoms with Crippen LogP contribution in [0.2, 0.25) is 0 Å². The molecule has 2 rings (SSSR count). The van der Waals surface area contributed by atoms with Gasteiger partial charge in [-0.1, -0.05) is 13.3 Å². The molecule has 0 aliphatic carbocycles. The monoisotopic (exact) mass is 221 g/mol. The Labute approximate surface area is 94.3 Å². The smallest absolute Gasteiger partial charge is 0.231 e. The zero-order valence-corrected chi connectivity index (χ0v) is 9.23. The molecule has 1 aliphatic heterocycles. The summed E-state index contributed by atoms with van der Waals surface area (Å²) < 4.78 is 10.4. The van der Waals surface area contributed by atoms with Crippen molar-refractivity contribution in [3.8, 4) is 11.5 Å². The molecule has 0 aromatic heterocycles. The maximum Gasteiger partial charge on any atom is 0.231 e. The predicted molar refractivity (Wildman–Crippen MR) is 59.8 cm³/mol. The second-order valence-corrected chi connectivity index (χ2v) is 3.83. The van der Waals surface area contributed by atoms with Crippen LogP contribution in [0, 0.1) is 0 Å². The van der Waals surface area contributed by atoms with E-state index in [0.717, 1.165) is 6.42 Å². The van der Waals surface area contributed by atoms with Gasteiger partial charge in [0.15, 0.2) is 17.3 Å². The third-order valence-corrected chi connectivity index (χ3v) is 2.59. The minimum absolute atomic E-state index is 0.0415. The van der Waals surface area contributed by atoms with E-state index in [-0.39, 0.29) is 12.6 Å². The van der Waals surface area contributed by atoms with E-state index in [1.54, 1.807) is 18.2 Å². The first kappa shape index (κ1) is 11.0. The Balaban J connectivity index is 2.18. The molecule has 16 heavy (non-hydrogen) atoms. The van der Waals surface area contributed by atoms with Crippen molar-refractivity contribution >= 4 is 5.78 Å². The van der Waals surface area contributed by atoms with E-state index in [4.69, 9.17) is 15.2 Å². The zero-order valence-electron chi connectivity index (χ0n) is 9.23. The Hall–Kier alpha value is -1.55. The normalized spacial score (nSPS) is 14.9. The Morgan fingerprint density at radius 1 is 1.44 bits per heavy atom. The van der Waals surface area contributed by atoms with Crippen LogP contribution in [-0.4, -0.2) is 18.6 Å². The van der Waals surface area contributed by atoms with Crippen LogP contribution < -0.4 is 15.2 Å². The molecule has 1 aromatic carbocycles. The third kappa shape index (κ3) is 2.02. The lowest BCUT2D eigenvalue weighted by Crippen LogP contribution is -2.30. The van der Waals surface area contributed by atoms with E-state index in [1.807, 2.05) is 6.92 Å². The summed E-state index contributed by atoms with van der Waals surface area (Å²) in [6.45, 7) is 2.22. The number of fused-ring (bicyclic) bond motifs is 1. The first-order chi connectivity index (χ1) is 7.72. The molecule has 1 aromatic rings. The third-order valence-electron chi connectivity index (χ3n) is 2.59. The number of ketones is 1. The molecule has 1 aliphatic rings. The SMILES string of the molecule is CCCC(N)C(=O)c1ccc2c(c1)OCO2. The molecule has 0 spiro atoms. The van der Waals surface area contributed by atoms with E-state index in [2.05, 4.69) is 0 Å². The Bertz CT molecular complexity index is 403. The fourth-order valence-corrected chi connectivity index (χ4v) is 1.71. The summed E-state index contributed by atoms with van der Waals surface area (Å²) in [6.07, 6.45) is 1.60. The van der Waals surface area contributed by atoms with Crippen molar-refractivity contribution in [3.63, 3.8) is 0 Å². The molecule has 4 heteroatoms. The molecule has 0 saturated heterocycles. The van der Waals surface area contributed by atoms with E-state index in [1.165, 1.54) is 0 Å². The molecule has 0 radical (unpaired) electrons. The maximum atomic E-state index is 11.9.